The largest absolute Gasteiger partial charge is 0.492 e. The van der Waals surface area contributed by atoms with Crippen molar-refractivity contribution in [3.63, 3.8) is 0 Å². The number of nitrogens with zero attached hydrogens (tertiary/aromatic N) is 3. The number of carbonyl (C=O) groups excluding carboxylic acids is 1. The smallest absolute Gasteiger partial charge is 0.315 e. The normalized spacial score (nSPS) is 15.6. The molecule has 0 saturated carbocycles. The van der Waals surface area contributed by atoms with E-state index in [4.69, 9.17) is 9.47 Å². The van der Waals surface area contributed by atoms with Gasteiger partial charge in [0.1, 0.15) is 12.4 Å². The van der Waals surface area contributed by atoms with Gasteiger partial charge in [0.25, 0.3) is 0 Å². The molecule has 2 aromatic rings. The predicted octanol–water partition coefficient (Wildman–Crippen LogP) is 2.31. The van der Waals surface area contributed by atoms with Gasteiger partial charge in [0, 0.05) is 44.5 Å². The SMILES string of the molecule is Cc1nn(C)c(C)c1C(C)NC(=O)NCc1cccc(OCCN2CCOCC2)c1. The summed E-state index contributed by atoms with van der Waals surface area (Å²) < 4.78 is 13.1. The molecule has 2 amide bonds. The number of hydrogen-bond acceptors (Lipinski definition) is 5. The highest BCUT2D eigenvalue weighted by Gasteiger charge is 2.18. The highest BCUT2D eigenvalue weighted by Crippen LogP contribution is 2.20. The summed E-state index contributed by atoms with van der Waals surface area (Å²) in [7, 11) is 1.91. The van der Waals surface area contributed by atoms with Gasteiger partial charge < -0.3 is 20.1 Å². The molecule has 1 aliphatic heterocycles. The fourth-order valence-corrected chi connectivity index (χ4v) is 3.78. The van der Waals surface area contributed by atoms with Gasteiger partial charge in [0.15, 0.2) is 0 Å². The summed E-state index contributed by atoms with van der Waals surface area (Å²) in [6.07, 6.45) is 0. The number of carbonyl (C=O) groups is 1. The first-order chi connectivity index (χ1) is 14.4. The fraction of sp³-hybridized carbons (Fsp3) is 0.545. The molecule has 30 heavy (non-hydrogen) atoms. The third-order valence-electron chi connectivity index (χ3n) is 5.48. The maximum absolute atomic E-state index is 12.4. The van der Waals surface area contributed by atoms with Crippen molar-refractivity contribution < 1.29 is 14.3 Å². The number of rotatable bonds is 8. The molecule has 164 valence electrons. The number of hydrogen-bond donors (Lipinski definition) is 2. The fourth-order valence-electron chi connectivity index (χ4n) is 3.78. The summed E-state index contributed by atoms with van der Waals surface area (Å²) in [5.74, 6) is 0.818. The van der Waals surface area contributed by atoms with Crippen molar-refractivity contribution in [1.29, 1.82) is 0 Å². The van der Waals surface area contributed by atoms with Crippen molar-refractivity contribution in [2.24, 2.45) is 7.05 Å². The first-order valence-electron chi connectivity index (χ1n) is 10.5. The van der Waals surface area contributed by atoms with Gasteiger partial charge in [-0.25, -0.2) is 4.79 Å². The molecule has 0 aliphatic carbocycles. The van der Waals surface area contributed by atoms with Gasteiger partial charge in [0.05, 0.1) is 24.9 Å². The summed E-state index contributed by atoms with van der Waals surface area (Å²) in [5.41, 5.74) is 4.05. The Hall–Kier alpha value is -2.58. The van der Waals surface area contributed by atoms with Gasteiger partial charge >= 0.3 is 6.03 Å². The number of morpholine rings is 1. The van der Waals surface area contributed by atoms with Crippen LogP contribution < -0.4 is 15.4 Å². The van der Waals surface area contributed by atoms with Crippen LogP contribution in [0, 0.1) is 13.8 Å². The molecule has 3 rings (SSSR count). The molecule has 1 saturated heterocycles. The third kappa shape index (κ3) is 5.96. The molecule has 0 bridgehead atoms. The second-order valence-electron chi connectivity index (χ2n) is 7.71. The van der Waals surface area contributed by atoms with E-state index in [-0.39, 0.29) is 12.1 Å². The van der Waals surface area contributed by atoms with E-state index >= 15 is 0 Å². The summed E-state index contributed by atoms with van der Waals surface area (Å²) in [5, 5.41) is 10.3. The number of urea groups is 1. The van der Waals surface area contributed by atoms with Crippen LogP contribution in [0.5, 0.6) is 5.75 Å². The molecule has 1 aromatic heterocycles. The minimum atomic E-state index is -0.205. The lowest BCUT2D eigenvalue weighted by Gasteiger charge is -2.26. The zero-order chi connectivity index (χ0) is 21.5. The molecular weight excluding hydrogens is 382 g/mol. The number of aromatic nitrogens is 2. The summed E-state index contributed by atoms with van der Waals surface area (Å²) >= 11 is 0. The van der Waals surface area contributed by atoms with Crippen LogP contribution in [0.4, 0.5) is 4.79 Å². The van der Waals surface area contributed by atoms with Gasteiger partial charge in [-0.2, -0.15) is 5.10 Å². The number of amides is 2. The Morgan fingerprint density at radius 3 is 2.77 bits per heavy atom. The number of ether oxygens (including phenoxy) is 2. The molecule has 8 nitrogen and oxygen atoms in total. The van der Waals surface area contributed by atoms with Crippen LogP contribution in [-0.2, 0) is 18.3 Å². The van der Waals surface area contributed by atoms with E-state index in [0.717, 1.165) is 61.1 Å². The van der Waals surface area contributed by atoms with E-state index in [1.807, 2.05) is 56.8 Å². The van der Waals surface area contributed by atoms with Crippen molar-refractivity contribution in [2.45, 2.75) is 33.4 Å². The maximum atomic E-state index is 12.4. The first-order valence-corrected chi connectivity index (χ1v) is 10.5. The van der Waals surface area contributed by atoms with Crippen molar-refractivity contribution in [1.82, 2.24) is 25.3 Å². The van der Waals surface area contributed by atoms with E-state index in [0.29, 0.717) is 13.2 Å². The average Bonchev–Trinajstić information content (AvgIpc) is 2.99. The Balaban J connectivity index is 1.44. The van der Waals surface area contributed by atoms with Crippen LogP contribution in [0.1, 0.15) is 35.5 Å². The van der Waals surface area contributed by atoms with E-state index < -0.39 is 0 Å². The molecule has 1 atom stereocenters. The van der Waals surface area contributed by atoms with Gasteiger partial charge in [-0.05, 0) is 38.5 Å². The Labute approximate surface area is 178 Å². The van der Waals surface area contributed by atoms with Gasteiger partial charge in [-0.1, -0.05) is 12.1 Å². The minimum Gasteiger partial charge on any atom is -0.492 e. The zero-order valence-electron chi connectivity index (χ0n) is 18.4. The van der Waals surface area contributed by atoms with Crippen molar-refractivity contribution >= 4 is 6.03 Å². The summed E-state index contributed by atoms with van der Waals surface area (Å²) in [6, 6.07) is 7.52. The summed E-state index contributed by atoms with van der Waals surface area (Å²) in [4.78, 5) is 14.7. The molecule has 1 fully saturated rings. The molecule has 0 spiro atoms. The molecule has 1 aliphatic rings. The van der Waals surface area contributed by atoms with Crippen LogP contribution >= 0.6 is 0 Å². The molecular formula is C22H33N5O3. The van der Waals surface area contributed by atoms with Gasteiger partial charge in [-0.3, -0.25) is 9.58 Å². The van der Waals surface area contributed by atoms with Gasteiger partial charge in [-0.15, -0.1) is 0 Å². The topological polar surface area (TPSA) is 80.7 Å². The molecule has 0 radical (unpaired) electrons. The number of benzene rings is 1. The Morgan fingerprint density at radius 2 is 2.07 bits per heavy atom. The Kier molecular flexibility index (Phi) is 7.70. The van der Waals surface area contributed by atoms with Crippen LogP contribution in [0.2, 0.25) is 0 Å². The summed E-state index contributed by atoms with van der Waals surface area (Å²) in [6.45, 7) is 11.4. The van der Waals surface area contributed by atoms with E-state index in [1.165, 1.54) is 0 Å². The number of nitrogens with one attached hydrogen (secondary N) is 2. The second kappa shape index (κ2) is 10.4. The predicted molar refractivity (Wildman–Crippen MR) is 116 cm³/mol. The van der Waals surface area contributed by atoms with E-state index in [2.05, 4.69) is 20.6 Å². The third-order valence-corrected chi connectivity index (χ3v) is 5.48. The van der Waals surface area contributed by atoms with Crippen LogP contribution in [0.15, 0.2) is 24.3 Å². The molecule has 1 aromatic carbocycles. The Morgan fingerprint density at radius 1 is 1.30 bits per heavy atom. The average molecular weight is 416 g/mol. The maximum Gasteiger partial charge on any atom is 0.315 e. The lowest BCUT2D eigenvalue weighted by atomic mass is 10.1. The van der Waals surface area contributed by atoms with Crippen LogP contribution in [0.25, 0.3) is 0 Å². The molecule has 1 unspecified atom stereocenters. The second-order valence-corrected chi connectivity index (χ2v) is 7.71. The molecule has 8 heteroatoms. The first kappa shape index (κ1) is 22.1. The highest BCUT2D eigenvalue weighted by atomic mass is 16.5. The zero-order valence-corrected chi connectivity index (χ0v) is 18.4. The van der Waals surface area contributed by atoms with Crippen molar-refractivity contribution in [3.05, 3.63) is 46.8 Å². The van der Waals surface area contributed by atoms with E-state index in [1.54, 1.807) is 0 Å². The molecule has 2 heterocycles. The monoisotopic (exact) mass is 415 g/mol. The Bertz CT molecular complexity index is 845. The minimum absolute atomic E-state index is 0.117. The lowest BCUT2D eigenvalue weighted by Crippen LogP contribution is -2.38. The highest BCUT2D eigenvalue weighted by molar-refractivity contribution is 5.74. The van der Waals surface area contributed by atoms with Gasteiger partial charge in [0.2, 0.25) is 0 Å². The number of aryl methyl sites for hydroxylation is 2. The van der Waals surface area contributed by atoms with Crippen LogP contribution in [0.3, 0.4) is 0 Å². The van der Waals surface area contributed by atoms with Crippen molar-refractivity contribution in [2.75, 3.05) is 39.5 Å². The standard InChI is InChI=1S/C22H33N5O3/c1-16(21-17(2)25-26(4)18(21)3)24-22(28)23-15-19-6-5-7-20(14-19)30-13-10-27-8-11-29-12-9-27/h5-7,14,16H,8-13,15H2,1-4H3,(H2,23,24,28). The lowest BCUT2D eigenvalue weighted by molar-refractivity contribution is 0.0322. The van der Waals surface area contributed by atoms with E-state index in [9.17, 15) is 4.79 Å². The van der Waals surface area contributed by atoms with Crippen molar-refractivity contribution in [3.8, 4) is 5.75 Å². The van der Waals surface area contributed by atoms with Crippen LogP contribution in [-0.4, -0.2) is 60.2 Å². The quantitative estimate of drug-likeness (QED) is 0.692. The molecule has 2 N–H and O–H groups in total.